The van der Waals surface area contributed by atoms with Gasteiger partial charge in [-0.25, -0.2) is 4.98 Å². The minimum absolute atomic E-state index is 0.0824. The fourth-order valence-electron chi connectivity index (χ4n) is 2.03. The summed E-state index contributed by atoms with van der Waals surface area (Å²) in [6.45, 7) is 0.0824. The molecule has 0 aliphatic rings. The molecule has 0 saturated carbocycles. The van der Waals surface area contributed by atoms with Crippen molar-refractivity contribution in [3.05, 3.63) is 59.9 Å². The van der Waals surface area contributed by atoms with E-state index in [9.17, 15) is 4.79 Å². The molecule has 0 amide bonds. The van der Waals surface area contributed by atoms with Crippen LogP contribution in [0.3, 0.4) is 0 Å². The van der Waals surface area contributed by atoms with Crippen LogP contribution in [0, 0.1) is 11.3 Å². The summed E-state index contributed by atoms with van der Waals surface area (Å²) in [5.41, 5.74) is 1.59. The van der Waals surface area contributed by atoms with Crippen molar-refractivity contribution in [2.45, 2.75) is 19.4 Å². The maximum Gasteiger partial charge on any atom is 0.306 e. The number of carbonyl (C=O) groups excluding carboxylic acids is 1. The summed E-state index contributed by atoms with van der Waals surface area (Å²) < 4.78 is 10.3. The summed E-state index contributed by atoms with van der Waals surface area (Å²) in [7, 11) is 0. The topological polar surface area (TPSA) is 115 Å². The van der Waals surface area contributed by atoms with E-state index in [4.69, 9.17) is 14.5 Å². The molecule has 0 atom stereocenters. The van der Waals surface area contributed by atoms with Gasteiger partial charge in [-0.15, -0.1) is 0 Å². The van der Waals surface area contributed by atoms with Gasteiger partial charge in [0.25, 0.3) is 0 Å². The summed E-state index contributed by atoms with van der Waals surface area (Å²) in [6, 6.07) is 10.6. The number of aromatic nitrogens is 4. The number of aryl methyl sites for hydroxylation is 1. The molecule has 3 rings (SSSR count). The van der Waals surface area contributed by atoms with Gasteiger partial charge in [0.2, 0.25) is 11.7 Å². The van der Waals surface area contributed by atoms with Crippen LogP contribution in [-0.4, -0.2) is 26.1 Å². The minimum atomic E-state index is -0.395. The monoisotopic (exact) mass is 335 g/mol. The average molecular weight is 335 g/mol. The maximum atomic E-state index is 11.8. The van der Waals surface area contributed by atoms with Gasteiger partial charge in [-0.3, -0.25) is 9.78 Å². The highest BCUT2D eigenvalue weighted by atomic mass is 16.5. The Kier molecular flexibility index (Phi) is 5.07. The molecule has 0 aromatic carbocycles. The number of nitriles is 1. The summed E-state index contributed by atoms with van der Waals surface area (Å²) in [5, 5.41) is 12.6. The van der Waals surface area contributed by atoms with Gasteiger partial charge < -0.3 is 9.26 Å². The second-order valence-electron chi connectivity index (χ2n) is 5.05. The molecule has 0 bridgehead atoms. The quantitative estimate of drug-likeness (QED) is 0.629. The maximum absolute atomic E-state index is 11.8. The summed E-state index contributed by atoms with van der Waals surface area (Å²) in [5.74, 6) is 0.325. The van der Waals surface area contributed by atoms with Gasteiger partial charge in [0.05, 0.1) is 6.42 Å². The first-order valence-corrected chi connectivity index (χ1v) is 7.49. The minimum Gasteiger partial charge on any atom is -0.461 e. The van der Waals surface area contributed by atoms with Crippen LogP contribution in [0.4, 0.5) is 0 Å². The van der Waals surface area contributed by atoms with Crippen LogP contribution in [-0.2, 0) is 22.6 Å². The number of hydrogen-bond acceptors (Lipinski definition) is 8. The first-order chi connectivity index (χ1) is 12.2. The smallest absolute Gasteiger partial charge is 0.306 e. The Labute approximate surface area is 143 Å². The molecular weight excluding hydrogens is 322 g/mol. The van der Waals surface area contributed by atoms with Crippen LogP contribution in [0.5, 0.6) is 0 Å². The van der Waals surface area contributed by atoms with Gasteiger partial charge in [0.15, 0.2) is 0 Å². The molecule has 0 saturated heterocycles. The lowest BCUT2D eigenvalue weighted by atomic mass is 10.2. The zero-order valence-electron chi connectivity index (χ0n) is 13.1. The molecule has 0 spiro atoms. The van der Waals surface area contributed by atoms with Crippen LogP contribution >= 0.6 is 0 Å². The molecule has 0 unspecified atom stereocenters. The third-order valence-electron chi connectivity index (χ3n) is 3.24. The van der Waals surface area contributed by atoms with E-state index in [0.29, 0.717) is 23.0 Å². The fraction of sp³-hybridized carbons (Fsp3) is 0.176. The normalized spacial score (nSPS) is 10.2. The molecule has 0 aliphatic heterocycles. The van der Waals surface area contributed by atoms with Crippen molar-refractivity contribution in [3.63, 3.8) is 0 Å². The molecule has 0 radical (unpaired) electrons. The van der Waals surface area contributed by atoms with Gasteiger partial charge in [-0.1, -0.05) is 11.2 Å². The van der Waals surface area contributed by atoms with Crippen molar-refractivity contribution in [2.75, 3.05) is 0 Å². The Hall–Kier alpha value is -3.60. The van der Waals surface area contributed by atoms with Crippen molar-refractivity contribution in [2.24, 2.45) is 0 Å². The first kappa shape index (κ1) is 16.3. The van der Waals surface area contributed by atoms with Gasteiger partial charge in [-0.2, -0.15) is 10.2 Å². The van der Waals surface area contributed by atoms with Gasteiger partial charge in [0.1, 0.15) is 24.1 Å². The van der Waals surface area contributed by atoms with Crippen LogP contribution in [0.1, 0.15) is 23.6 Å². The summed E-state index contributed by atoms with van der Waals surface area (Å²) in [6.07, 6.45) is 3.53. The van der Waals surface area contributed by atoms with Gasteiger partial charge in [0, 0.05) is 18.8 Å². The molecule has 8 nitrogen and oxygen atoms in total. The third-order valence-corrected chi connectivity index (χ3v) is 3.24. The van der Waals surface area contributed by atoms with E-state index in [1.807, 2.05) is 12.1 Å². The number of carbonyl (C=O) groups is 1. The summed E-state index contributed by atoms with van der Waals surface area (Å²) in [4.78, 5) is 24.0. The Bertz CT molecular complexity index is 902. The van der Waals surface area contributed by atoms with Crippen LogP contribution in [0.15, 0.2) is 47.2 Å². The van der Waals surface area contributed by atoms with Crippen molar-refractivity contribution < 1.29 is 14.1 Å². The number of esters is 1. The first-order valence-electron chi connectivity index (χ1n) is 7.49. The van der Waals surface area contributed by atoms with Gasteiger partial charge >= 0.3 is 5.97 Å². The molecule has 0 aliphatic carbocycles. The van der Waals surface area contributed by atoms with E-state index in [1.54, 1.807) is 30.5 Å². The van der Waals surface area contributed by atoms with Crippen LogP contribution in [0.2, 0.25) is 0 Å². The van der Waals surface area contributed by atoms with Crippen molar-refractivity contribution in [3.8, 4) is 17.6 Å². The van der Waals surface area contributed by atoms with E-state index >= 15 is 0 Å². The average Bonchev–Trinajstić information content (AvgIpc) is 3.15. The zero-order chi connectivity index (χ0) is 17.5. The molecule has 3 heterocycles. The second kappa shape index (κ2) is 7.79. The van der Waals surface area contributed by atoms with Gasteiger partial charge in [-0.05, 0) is 29.8 Å². The highest BCUT2D eigenvalue weighted by molar-refractivity contribution is 5.69. The largest absolute Gasteiger partial charge is 0.461 e. The van der Waals surface area contributed by atoms with Crippen molar-refractivity contribution in [1.82, 2.24) is 20.1 Å². The second-order valence-corrected chi connectivity index (χ2v) is 5.05. The van der Waals surface area contributed by atoms with Crippen LogP contribution in [0.25, 0.3) is 11.5 Å². The highest BCUT2D eigenvalue weighted by Crippen LogP contribution is 2.13. The molecule has 3 aromatic rings. The number of nitrogens with zero attached hydrogens (tertiary/aromatic N) is 5. The third kappa shape index (κ3) is 4.45. The molecule has 0 N–H and O–H groups in total. The standard InChI is InChI=1S/C17H13N5O3/c18-10-13-9-12(6-8-19-13)11-24-16(23)5-4-15-21-17(22-25-15)14-3-1-2-7-20-14/h1-3,6-9H,4-5,11H2. The predicted octanol–water partition coefficient (Wildman–Crippen LogP) is 2.07. The molecule has 124 valence electrons. The number of rotatable bonds is 6. The molecule has 3 aromatic heterocycles. The lowest BCUT2D eigenvalue weighted by Crippen LogP contribution is -2.06. The highest BCUT2D eigenvalue weighted by Gasteiger charge is 2.12. The van der Waals surface area contributed by atoms with E-state index < -0.39 is 5.97 Å². The Morgan fingerprint density at radius 1 is 1.24 bits per heavy atom. The van der Waals surface area contributed by atoms with Crippen LogP contribution < -0.4 is 0 Å². The fourth-order valence-corrected chi connectivity index (χ4v) is 2.03. The lowest BCUT2D eigenvalue weighted by Gasteiger charge is -2.03. The lowest BCUT2D eigenvalue weighted by molar-refractivity contribution is -0.145. The molecule has 8 heteroatoms. The summed E-state index contributed by atoms with van der Waals surface area (Å²) >= 11 is 0. The SMILES string of the molecule is N#Cc1cc(COC(=O)CCc2nc(-c3ccccn3)no2)ccn1. The van der Waals surface area contributed by atoms with E-state index in [1.165, 1.54) is 6.20 Å². The van der Waals surface area contributed by atoms with E-state index in [2.05, 4.69) is 20.1 Å². The molecule has 0 fully saturated rings. The number of pyridine rings is 2. The molecular formula is C17H13N5O3. The Morgan fingerprint density at radius 2 is 2.16 bits per heavy atom. The predicted molar refractivity (Wildman–Crippen MR) is 84.6 cm³/mol. The van der Waals surface area contributed by atoms with Crippen molar-refractivity contribution in [1.29, 1.82) is 5.26 Å². The number of hydrogen-bond donors (Lipinski definition) is 0. The molecule has 25 heavy (non-hydrogen) atoms. The Balaban J connectivity index is 1.49. The zero-order valence-corrected chi connectivity index (χ0v) is 13.1. The van der Waals surface area contributed by atoms with E-state index in [-0.39, 0.29) is 25.1 Å². The Morgan fingerprint density at radius 3 is 2.96 bits per heavy atom. The number of ether oxygens (including phenoxy) is 1. The van der Waals surface area contributed by atoms with E-state index in [0.717, 1.165) is 0 Å². The van der Waals surface area contributed by atoms with Crippen molar-refractivity contribution >= 4 is 5.97 Å².